The first-order valence-electron chi connectivity index (χ1n) is 9.65. The maximum atomic E-state index is 9.69. The van der Waals surface area contributed by atoms with Crippen molar-refractivity contribution in [3.63, 3.8) is 0 Å². The molecule has 1 aliphatic carbocycles. The zero-order valence-electron chi connectivity index (χ0n) is 14.8. The third-order valence-corrected chi connectivity index (χ3v) is 6.15. The number of nitrogens with zero attached hydrogens (tertiary/aromatic N) is 4. The van der Waals surface area contributed by atoms with Gasteiger partial charge in [-0.1, -0.05) is 0 Å². The van der Waals surface area contributed by atoms with Gasteiger partial charge >= 0.3 is 0 Å². The van der Waals surface area contributed by atoms with Crippen LogP contribution in [0.3, 0.4) is 0 Å². The molecule has 0 atom stereocenters. The summed E-state index contributed by atoms with van der Waals surface area (Å²) in [7, 11) is 0. The Bertz CT molecular complexity index is 589. The number of aromatic nitrogens is 2. The molecular weight excluding hydrogens is 316 g/mol. The van der Waals surface area contributed by atoms with E-state index in [0.29, 0.717) is 23.9 Å². The van der Waals surface area contributed by atoms with Crippen molar-refractivity contribution in [2.75, 3.05) is 36.8 Å². The molecule has 7 nitrogen and oxygen atoms in total. The van der Waals surface area contributed by atoms with E-state index in [1.165, 1.54) is 0 Å². The molecule has 2 saturated heterocycles. The minimum Gasteiger partial charge on any atom is -0.393 e. The van der Waals surface area contributed by atoms with Gasteiger partial charge in [0.1, 0.15) is 5.82 Å². The molecule has 3 fully saturated rings. The number of anilines is 2. The third kappa shape index (κ3) is 3.73. The number of likely N-dealkylation sites (tertiary alicyclic amines) is 1. The first kappa shape index (κ1) is 17.0. The molecule has 0 spiro atoms. The van der Waals surface area contributed by atoms with E-state index >= 15 is 0 Å². The fourth-order valence-electron chi connectivity index (χ4n) is 4.46. The fourth-order valence-corrected chi connectivity index (χ4v) is 4.46. The van der Waals surface area contributed by atoms with Crippen LogP contribution < -0.4 is 16.4 Å². The Labute approximate surface area is 149 Å². The summed E-state index contributed by atoms with van der Waals surface area (Å²) >= 11 is 0. The number of aliphatic hydroxyl groups excluding tert-OH is 1. The molecule has 138 valence electrons. The molecule has 3 heterocycles. The number of hydrogen-bond acceptors (Lipinski definition) is 7. The van der Waals surface area contributed by atoms with Crippen molar-refractivity contribution in [3.8, 4) is 0 Å². The molecule has 1 aromatic rings. The molecule has 2 aliphatic heterocycles. The van der Waals surface area contributed by atoms with Gasteiger partial charge in [0.15, 0.2) is 0 Å². The number of hydrogen-bond donors (Lipinski definition) is 3. The Balaban J connectivity index is 1.37. The standard InChI is InChI=1S/C18H30N6O/c19-13-9-12(10-13)16-11-17(22-18(20)21-16)24-5-1-14(2-6-24)23-7-3-15(25)4-8-23/h11-15,25H,1-10,19H2,(H2,20,21,22). The predicted molar refractivity (Wildman–Crippen MR) is 98.4 cm³/mol. The predicted octanol–water partition coefficient (Wildman–Crippen LogP) is 0.689. The SMILES string of the molecule is Nc1nc(C2CC(N)C2)cc(N2CCC(N3CCC(O)CC3)CC2)n1. The third-order valence-electron chi connectivity index (χ3n) is 6.15. The maximum Gasteiger partial charge on any atom is 0.222 e. The normalized spacial score (nSPS) is 29.6. The average Bonchev–Trinajstić information content (AvgIpc) is 2.59. The van der Waals surface area contributed by atoms with Crippen molar-refractivity contribution in [1.29, 1.82) is 0 Å². The van der Waals surface area contributed by atoms with E-state index in [1.54, 1.807) is 0 Å². The largest absolute Gasteiger partial charge is 0.393 e. The minimum absolute atomic E-state index is 0.0987. The van der Waals surface area contributed by atoms with Crippen molar-refractivity contribution >= 4 is 11.8 Å². The Hall–Kier alpha value is -1.44. The number of nitrogen functional groups attached to an aromatic ring is 1. The zero-order valence-corrected chi connectivity index (χ0v) is 14.8. The average molecular weight is 346 g/mol. The molecule has 0 aromatic carbocycles. The van der Waals surface area contributed by atoms with Gasteiger partial charge in [-0.25, -0.2) is 4.98 Å². The summed E-state index contributed by atoms with van der Waals surface area (Å²) < 4.78 is 0. The van der Waals surface area contributed by atoms with Gasteiger partial charge in [-0.3, -0.25) is 0 Å². The number of nitrogens with two attached hydrogens (primary N) is 2. The Morgan fingerprint density at radius 1 is 1.00 bits per heavy atom. The zero-order chi connectivity index (χ0) is 17.4. The lowest BCUT2D eigenvalue weighted by atomic mass is 9.78. The van der Waals surface area contributed by atoms with Crippen LogP contribution in [0.4, 0.5) is 11.8 Å². The highest BCUT2D eigenvalue weighted by Gasteiger charge is 2.31. The molecule has 4 rings (SSSR count). The van der Waals surface area contributed by atoms with Gasteiger partial charge in [-0.15, -0.1) is 0 Å². The van der Waals surface area contributed by atoms with Crippen LogP contribution in [0.25, 0.3) is 0 Å². The van der Waals surface area contributed by atoms with Gasteiger partial charge in [0.05, 0.1) is 11.8 Å². The van der Waals surface area contributed by atoms with E-state index in [1.807, 2.05) is 0 Å². The smallest absolute Gasteiger partial charge is 0.222 e. The summed E-state index contributed by atoms with van der Waals surface area (Å²) in [4.78, 5) is 13.8. The van der Waals surface area contributed by atoms with E-state index in [9.17, 15) is 5.11 Å². The second kappa shape index (κ2) is 7.05. The van der Waals surface area contributed by atoms with Crippen LogP contribution in [0.5, 0.6) is 0 Å². The molecule has 0 unspecified atom stereocenters. The number of aliphatic hydroxyl groups is 1. The van der Waals surface area contributed by atoms with Gasteiger partial charge < -0.3 is 26.4 Å². The van der Waals surface area contributed by atoms with Crippen molar-refractivity contribution < 1.29 is 5.11 Å². The van der Waals surface area contributed by atoms with E-state index < -0.39 is 0 Å². The van der Waals surface area contributed by atoms with Crippen molar-refractivity contribution in [2.45, 2.75) is 62.6 Å². The molecule has 25 heavy (non-hydrogen) atoms. The van der Waals surface area contributed by atoms with Crippen LogP contribution in [0.2, 0.25) is 0 Å². The van der Waals surface area contributed by atoms with Crippen LogP contribution in [0.15, 0.2) is 6.07 Å². The Morgan fingerprint density at radius 2 is 1.68 bits per heavy atom. The molecule has 5 N–H and O–H groups in total. The second-order valence-corrected chi connectivity index (χ2v) is 7.92. The molecule has 3 aliphatic rings. The first-order valence-corrected chi connectivity index (χ1v) is 9.65. The lowest BCUT2D eigenvalue weighted by Gasteiger charge is -2.41. The highest BCUT2D eigenvalue weighted by Crippen LogP contribution is 2.36. The van der Waals surface area contributed by atoms with Gasteiger partial charge in [0, 0.05) is 50.2 Å². The van der Waals surface area contributed by atoms with Gasteiger partial charge in [-0.2, -0.15) is 4.98 Å². The molecule has 0 radical (unpaired) electrons. The molecule has 0 amide bonds. The molecule has 1 saturated carbocycles. The topological polar surface area (TPSA) is 105 Å². The summed E-state index contributed by atoms with van der Waals surface area (Å²) in [6, 6.07) is 3.06. The first-order chi connectivity index (χ1) is 12.1. The Kier molecular flexibility index (Phi) is 4.80. The molecular formula is C18H30N6O. The summed E-state index contributed by atoms with van der Waals surface area (Å²) in [5.41, 5.74) is 12.9. The number of rotatable bonds is 3. The van der Waals surface area contributed by atoms with Crippen LogP contribution >= 0.6 is 0 Å². The van der Waals surface area contributed by atoms with Crippen molar-refractivity contribution in [1.82, 2.24) is 14.9 Å². The quantitative estimate of drug-likeness (QED) is 0.739. The van der Waals surface area contributed by atoms with E-state index in [0.717, 1.165) is 76.2 Å². The monoisotopic (exact) mass is 346 g/mol. The van der Waals surface area contributed by atoms with Crippen molar-refractivity contribution in [3.05, 3.63) is 11.8 Å². The molecule has 0 bridgehead atoms. The van der Waals surface area contributed by atoms with E-state index in [-0.39, 0.29) is 6.10 Å². The van der Waals surface area contributed by atoms with Gasteiger partial charge in [0.2, 0.25) is 5.95 Å². The summed E-state index contributed by atoms with van der Waals surface area (Å²) in [5, 5.41) is 9.69. The highest BCUT2D eigenvalue weighted by atomic mass is 16.3. The molecule has 7 heteroatoms. The van der Waals surface area contributed by atoms with Crippen LogP contribution in [-0.2, 0) is 0 Å². The summed E-state index contributed by atoms with van der Waals surface area (Å²) in [6.07, 6.45) is 6.01. The highest BCUT2D eigenvalue weighted by molar-refractivity contribution is 5.45. The lowest BCUT2D eigenvalue weighted by molar-refractivity contribution is 0.0542. The summed E-state index contributed by atoms with van der Waals surface area (Å²) in [5.74, 6) is 1.78. The maximum absolute atomic E-state index is 9.69. The van der Waals surface area contributed by atoms with Gasteiger partial charge in [0.25, 0.3) is 0 Å². The second-order valence-electron chi connectivity index (χ2n) is 7.92. The van der Waals surface area contributed by atoms with Crippen molar-refractivity contribution in [2.24, 2.45) is 5.73 Å². The van der Waals surface area contributed by atoms with Gasteiger partial charge in [-0.05, 0) is 38.5 Å². The fraction of sp³-hybridized carbons (Fsp3) is 0.778. The van der Waals surface area contributed by atoms with Crippen LogP contribution in [0, 0.1) is 0 Å². The van der Waals surface area contributed by atoms with Crippen LogP contribution in [0.1, 0.15) is 50.1 Å². The number of piperidine rings is 2. The summed E-state index contributed by atoms with van der Waals surface area (Å²) in [6.45, 7) is 4.06. The Morgan fingerprint density at radius 3 is 2.32 bits per heavy atom. The van der Waals surface area contributed by atoms with Crippen LogP contribution in [-0.4, -0.2) is 64.3 Å². The minimum atomic E-state index is -0.0987. The molecule has 1 aromatic heterocycles. The van der Waals surface area contributed by atoms with E-state index in [2.05, 4.69) is 25.8 Å². The lowest BCUT2D eigenvalue weighted by Crippen LogP contribution is -2.48. The van der Waals surface area contributed by atoms with E-state index in [4.69, 9.17) is 11.5 Å².